The first-order valence-corrected chi connectivity index (χ1v) is 2.34. The van der Waals surface area contributed by atoms with E-state index in [1.807, 2.05) is 0 Å². The standard InChI is InChI=1S/C2H2F3NOS/c3-2(4,5)1(7)8-6/h6H2. The topological polar surface area (TPSA) is 43.1 Å². The first-order valence-electron chi connectivity index (χ1n) is 1.46. The molecule has 0 amide bonds. The Balaban J connectivity index is 3.82. The maximum atomic E-state index is 11.0. The van der Waals surface area contributed by atoms with Gasteiger partial charge in [-0.05, 0) is 0 Å². The zero-order valence-electron chi connectivity index (χ0n) is 3.53. The van der Waals surface area contributed by atoms with Crippen LogP contribution in [-0.2, 0) is 4.79 Å². The first kappa shape index (κ1) is 7.77. The van der Waals surface area contributed by atoms with Crippen LogP contribution in [0.15, 0.2) is 0 Å². The van der Waals surface area contributed by atoms with Crippen LogP contribution in [0.2, 0.25) is 0 Å². The van der Waals surface area contributed by atoms with Crippen LogP contribution in [-0.4, -0.2) is 11.3 Å². The van der Waals surface area contributed by atoms with E-state index in [2.05, 4.69) is 5.14 Å². The average molecular weight is 145 g/mol. The fourth-order valence-corrected chi connectivity index (χ4v) is 0.200. The number of alkyl halides is 3. The van der Waals surface area contributed by atoms with Crippen molar-refractivity contribution < 1.29 is 18.0 Å². The van der Waals surface area contributed by atoms with Gasteiger partial charge in [0.05, 0.1) is 0 Å². The lowest BCUT2D eigenvalue weighted by Crippen LogP contribution is -2.20. The Labute approximate surface area is 47.4 Å². The SMILES string of the molecule is NSC(=O)C(F)(F)F. The Kier molecular flexibility index (Phi) is 2.29. The molecule has 0 aromatic rings. The second kappa shape index (κ2) is 2.36. The highest BCUT2D eigenvalue weighted by Gasteiger charge is 2.38. The Morgan fingerprint density at radius 2 is 1.88 bits per heavy atom. The van der Waals surface area contributed by atoms with Crippen molar-refractivity contribution in [2.45, 2.75) is 6.18 Å². The normalized spacial score (nSPS) is 11.5. The molecule has 2 N–H and O–H groups in total. The van der Waals surface area contributed by atoms with Crippen molar-refractivity contribution in [3.05, 3.63) is 0 Å². The summed E-state index contributed by atoms with van der Waals surface area (Å²) in [6.07, 6.45) is -4.79. The van der Waals surface area contributed by atoms with E-state index in [-0.39, 0.29) is 11.9 Å². The summed E-state index contributed by atoms with van der Waals surface area (Å²) in [5.74, 6) is 0. The molecule has 0 unspecified atom stereocenters. The van der Waals surface area contributed by atoms with Gasteiger partial charge in [-0.25, -0.2) is 0 Å². The van der Waals surface area contributed by atoms with E-state index < -0.39 is 11.3 Å². The van der Waals surface area contributed by atoms with Crippen LogP contribution in [0.25, 0.3) is 0 Å². The Morgan fingerprint density at radius 3 is 1.88 bits per heavy atom. The monoisotopic (exact) mass is 145 g/mol. The zero-order valence-corrected chi connectivity index (χ0v) is 4.34. The van der Waals surface area contributed by atoms with Crippen LogP contribution in [0, 0.1) is 0 Å². The fraction of sp³-hybridized carbons (Fsp3) is 0.500. The molecule has 0 fully saturated rings. The van der Waals surface area contributed by atoms with Gasteiger partial charge < -0.3 is 0 Å². The van der Waals surface area contributed by atoms with Crippen molar-refractivity contribution in [2.24, 2.45) is 5.14 Å². The van der Waals surface area contributed by atoms with E-state index in [0.717, 1.165) is 0 Å². The van der Waals surface area contributed by atoms with Gasteiger partial charge in [0.15, 0.2) is 0 Å². The van der Waals surface area contributed by atoms with E-state index in [1.165, 1.54) is 0 Å². The van der Waals surface area contributed by atoms with Gasteiger partial charge in [0.1, 0.15) is 0 Å². The zero-order chi connectivity index (χ0) is 6.78. The molecule has 0 aliphatic rings. The second-order valence-electron chi connectivity index (χ2n) is 0.903. The highest BCUT2D eigenvalue weighted by molar-refractivity contribution is 8.11. The summed E-state index contributed by atoms with van der Waals surface area (Å²) >= 11 is -0.332. The van der Waals surface area contributed by atoms with Crippen LogP contribution >= 0.6 is 11.9 Å². The number of hydrogen-bond donors (Lipinski definition) is 1. The Bertz CT molecular complexity index is 99.9. The third kappa shape index (κ3) is 2.17. The lowest BCUT2D eigenvalue weighted by Gasteiger charge is -1.98. The molecule has 0 rings (SSSR count). The van der Waals surface area contributed by atoms with E-state index in [1.54, 1.807) is 0 Å². The molecule has 0 saturated carbocycles. The molecule has 0 aromatic heterocycles. The van der Waals surface area contributed by atoms with Crippen LogP contribution in [0.1, 0.15) is 0 Å². The van der Waals surface area contributed by atoms with Gasteiger partial charge >= 0.3 is 11.3 Å². The average Bonchev–Trinajstić information content (AvgIpc) is 1.62. The predicted molar refractivity (Wildman–Crippen MR) is 22.8 cm³/mol. The molecule has 0 saturated heterocycles. The summed E-state index contributed by atoms with van der Waals surface area (Å²) in [7, 11) is 0. The van der Waals surface area contributed by atoms with Gasteiger partial charge in [-0.2, -0.15) is 13.2 Å². The van der Waals surface area contributed by atoms with Gasteiger partial charge in [0.25, 0.3) is 0 Å². The second-order valence-corrected chi connectivity index (χ2v) is 1.51. The number of hydrogen-bond acceptors (Lipinski definition) is 3. The van der Waals surface area contributed by atoms with Gasteiger partial charge in [-0.15, -0.1) is 0 Å². The minimum atomic E-state index is -4.79. The molecule has 48 valence electrons. The highest BCUT2D eigenvalue weighted by Crippen LogP contribution is 2.19. The minimum absolute atomic E-state index is 0.332. The van der Waals surface area contributed by atoms with Crippen molar-refractivity contribution >= 4 is 17.1 Å². The predicted octanol–water partition coefficient (Wildman–Crippen LogP) is 0.682. The molecule has 0 spiro atoms. The summed E-state index contributed by atoms with van der Waals surface area (Å²) in [6.45, 7) is 0. The fourth-order valence-electron chi connectivity index (χ4n) is 0.0668. The van der Waals surface area contributed by atoms with Crippen LogP contribution in [0.5, 0.6) is 0 Å². The van der Waals surface area contributed by atoms with Gasteiger partial charge in [0, 0.05) is 11.9 Å². The van der Waals surface area contributed by atoms with Crippen molar-refractivity contribution in [3.63, 3.8) is 0 Å². The smallest absolute Gasteiger partial charge is 0.275 e. The highest BCUT2D eigenvalue weighted by atomic mass is 32.2. The number of carbonyl (C=O) groups excluding carboxylic acids is 1. The molecule has 0 heterocycles. The molecule has 8 heavy (non-hydrogen) atoms. The molecule has 0 aromatic carbocycles. The number of halogens is 3. The lowest BCUT2D eigenvalue weighted by atomic mass is 10.8. The van der Waals surface area contributed by atoms with E-state index in [9.17, 15) is 18.0 Å². The summed E-state index contributed by atoms with van der Waals surface area (Å²) in [4.78, 5) is 9.55. The van der Waals surface area contributed by atoms with Crippen molar-refractivity contribution in [1.29, 1.82) is 0 Å². The third-order valence-electron chi connectivity index (χ3n) is 0.338. The van der Waals surface area contributed by atoms with E-state index in [0.29, 0.717) is 0 Å². The molecule has 0 radical (unpaired) electrons. The van der Waals surface area contributed by atoms with Gasteiger partial charge in [0.2, 0.25) is 0 Å². The van der Waals surface area contributed by atoms with Crippen molar-refractivity contribution in [2.75, 3.05) is 0 Å². The van der Waals surface area contributed by atoms with Crippen LogP contribution < -0.4 is 5.14 Å². The molecule has 0 aliphatic heterocycles. The maximum Gasteiger partial charge on any atom is 0.462 e. The number of carbonyl (C=O) groups is 1. The quantitative estimate of drug-likeness (QED) is 0.510. The Morgan fingerprint density at radius 1 is 1.50 bits per heavy atom. The molecular formula is C2H2F3NOS. The van der Waals surface area contributed by atoms with E-state index in [4.69, 9.17) is 0 Å². The van der Waals surface area contributed by atoms with Crippen molar-refractivity contribution in [3.8, 4) is 0 Å². The lowest BCUT2D eigenvalue weighted by molar-refractivity contribution is -0.160. The minimum Gasteiger partial charge on any atom is -0.275 e. The molecule has 6 heteroatoms. The largest absolute Gasteiger partial charge is 0.462 e. The summed E-state index contributed by atoms with van der Waals surface area (Å²) < 4.78 is 33.0. The maximum absolute atomic E-state index is 11.0. The van der Waals surface area contributed by atoms with Gasteiger partial charge in [-0.1, -0.05) is 0 Å². The van der Waals surface area contributed by atoms with Crippen molar-refractivity contribution in [1.82, 2.24) is 0 Å². The van der Waals surface area contributed by atoms with E-state index >= 15 is 0 Å². The number of nitrogens with two attached hydrogens (primary N) is 1. The van der Waals surface area contributed by atoms with Crippen LogP contribution in [0.4, 0.5) is 13.2 Å². The van der Waals surface area contributed by atoms with Gasteiger partial charge in [-0.3, -0.25) is 9.93 Å². The molecule has 0 aliphatic carbocycles. The summed E-state index contributed by atoms with van der Waals surface area (Å²) in [6, 6.07) is 0. The summed E-state index contributed by atoms with van der Waals surface area (Å²) in [5.41, 5.74) is 0. The third-order valence-corrected chi connectivity index (χ3v) is 0.784. The molecule has 2 nitrogen and oxygen atoms in total. The Hall–Kier alpha value is -0.230. The molecule has 0 bridgehead atoms. The van der Waals surface area contributed by atoms with Crippen LogP contribution in [0.3, 0.4) is 0 Å². The molecular weight excluding hydrogens is 143 g/mol. The first-order chi connectivity index (χ1) is 3.48. The summed E-state index contributed by atoms with van der Waals surface area (Å²) in [5, 5.41) is 2.33. The molecule has 0 atom stereocenters. The number of rotatable bonds is 0.